The van der Waals surface area contributed by atoms with E-state index >= 15 is 0 Å². The number of hydrogen-bond donors (Lipinski definition) is 1. The number of thioether (sulfide) groups is 1. The van der Waals surface area contributed by atoms with Crippen LogP contribution in [0.1, 0.15) is 12.8 Å². The Bertz CT molecular complexity index is 797. The molecule has 0 saturated carbocycles. The van der Waals surface area contributed by atoms with Crippen molar-refractivity contribution < 1.29 is 13.9 Å². The molecular formula is C19H24ClFN4O2S. The predicted octanol–water partition coefficient (Wildman–Crippen LogP) is 3.51. The zero-order valence-electron chi connectivity index (χ0n) is 15.7. The van der Waals surface area contributed by atoms with Gasteiger partial charge in [-0.05, 0) is 31.2 Å². The molecule has 2 aromatic rings. The van der Waals surface area contributed by atoms with Crippen LogP contribution in [0.25, 0.3) is 0 Å². The zero-order valence-corrected chi connectivity index (χ0v) is 17.3. The molecule has 1 aromatic carbocycles. The maximum absolute atomic E-state index is 13.4. The van der Waals surface area contributed by atoms with Gasteiger partial charge in [-0.1, -0.05) is 6.07 Å². The summed E-state index contributed by atoms with van der Waals surface area (Å²) in [6, 6.07) is 8.21. The minimum absolute atomic E-state index is 0. The Balaban J connectivity index is 0.00000225. The third kappa shape index (κ3) is 4.86. The first kappa shape index (κ1) is 21.1. The maximum atomic E-state index is 13.4. The standard InChI is InChI=1S/C19H23FN4O2S.ClH/c1-27-17-12-16(22-18(23-17)26-15-4-2-3-14(20)11-15)24-8-5-19(6-9-24)13-21-7-10-25-19;/h2-4,11-12,21H,5-10,13H2,1H3;1H. The molecule has 0 atom stereocenters. The molecule has 4 rings (SSSR count). The van der Waals surface area contributed by atoms with Gasteiger partial charge >= 0.3 is 6.01 Å². The molecule has 6 nitrogen and oxygen atoms in total. The highest BCUT2D eigenvalue weighted by Gasteiger charge is 2.37. The first-order valence-corrected chi connectivity index (χ1v) is 10.3. The molecule has 2 aliphatic rings. The van der Waals surface area contributed by atoms with Crippen molar-refractivity contribution >= 4 is 30.0 Å². The molecule has 152 valence electrons. The third-order valence-corrected chi connectivity index (χ3v) is 5.64. The Kier molecular flexibility index (Phi) is 6.98. The van der Waals surface area contributed by atoms with Crippen molar-refractivity contribution in [3.05, 3.63) is 36.1 Å². The van der Waals surface area contributed by atoms with Gasteiger partial charge in [-0.15, -0.1) is 24.2 Å². The Morgan fingerprint density at radius 3 is 2.75 bits per heavy atom. The molecule has 2 fully saturated rings. The molecule has 3 heterocycles. The summed E-state index contributed by atoms with van der Waals surface area (Å²) >= 11 is 1.53. The number of halogens is 2. The minimum atomic E-state index is -0.351. The van der Waals surface area contributed by atoms with Crippen LogP contribution in [0, 0.1) is 5.82 Å². The summed E-state index contributed by atoms with van der Waals surface area (Å²) in [5.41, 5.74) is -0.0506. The number of hydrogen-bond acceptors (Lipinski definition) is 7. The summed E-state index contributed by atoms with van der Waals surface area (Å²) in [6.07, 6.45) is 3.88. The van der Waals surface area contributed by atoms with E-state index in [1.807, 2.05) is 12.3 Å². The summed E-state index contributed by atoms with van der Waals surface area (Å²) in [5, 5.41) is 4.26. The quantitative estimate of drug-likeness (QED) is 0.593. The molecule has 1 aromatic heterocycles. The van der Waals surface area contributed by atoms with Gasteiger partial charge < -0.3 is 19.7 Å². The number of nitrogens with zero attached hydrogens (tertiary/aromatic N) is 3. The Morgan fingerprint density at radius 1 is 1.25 bits per heavy atom. The number of nitrogens with one attached hydrogen (secondary N) is 1. The highest BCUT2D eigenvalue weighted by molar-refractivity contribution is 7.98. The molecule has 0 amide bonds. The van der Waals surface area contributed by atoms with Crippen molar-refractivity contribution in [1.82, 2.24) is 15.3 Å². The lowest BCUT2D eigenvalue weighted by atomic mass is 9.90. The fourth-order valence-corrected chi connectivity index (χ4v) is 3.90. The van der Waals surface area contributed by atoms with Crippen LogP contribution in [-0.4, -0.2) is 54.6 Å². The van der Waals surface area contributed by atoms with Crippen molar-refractivity contribution in [2.75, 3.05) is 43.9 Å². The second-order valence-corrected chi connectivity index (χ2v) is 7.63. The lowest BCUT2D eigenvalue weighted by Crippen LogP contribution is -2.55. The lowest BCUT2D eigenvalue weighted by molar-refractivity contribution is -0.0800. The number of piperidine rings is 1. The molecule has 2 aliphatic heterocycles. The summed E-state index contributed by atoms with van der Waals surface area (Å²) in [5.74, 6) is 0.869. The molecular weight excluding hydrogens is 403 g/mol. The number of morpholine rings is 1. The summed E-state index contributed by atoms with van der Waals surface area (Å²) in [4.78, 5) is 11.2. The van der Waals surface area contributed by atoms with Gasteiger partial charge in [0.05, 0.1) is 12.2 Å². The summed E-state index contributed by atoms with van der Waals surface area (Å²) in [6.45, 7) is 4.34. The SMILES string of the molecule is CSc1cc(N2CCC3(CC2)CNCCO3)nc(Oc2cccc(F)c2)n1.Cl. The van der Waals surface area contributed by atoms with Crippen molar-refractivity contribution in [3.63, 3.8) is 0 Å². The molecule has 28 heavy (non-hydrogen) atoms. The van der Waals surface area contributed by atoms with Crippen LogP contribution in [0.3, 0.4) is 0 Å². The summed E-state index contributed by atoms with van der Waals surface area (Å²) in [7, 11) is 0. The predicted molar refractivity (Wildman–Crippen MR) is 111 cm³/mol. The minimum Gasteiger partial charge on any atom is -0.424 e. The molecule has 0 radical (unpaired) electrons. The number of ether oxygens (including phenoxy) is 2. The van der Waals surface area contributed by atoms with E-state index < -0.39 is 0 Å². The average Bonchev–Trinajstić information content (AvgIpc) is 2.69. The fraction of sp³-hybridized carbons (Fsp3) is 0.474. The van der Waals surface area contributed by atoms with Crippen molar-refractivity contribution in [1.29, 1.82) is 0 Å². The summed E-state index contributed by atoms with van der Waals surface area (Å²) < 4.78 is 25.2. The van der Waals surface area contributed by atoms with Crippen LogP contribution < -0.4 is 15.0 Å². The second-order valence-electron chi connectivity index (χ2n) is 6.81. The van der Waals surface area contributed by atoms with Gasteiger partial charge in [0, 0.05) is 38.3 Å². The van der Waals surface area contributed by atoms with E-state index in [4.69, 9.17) is 9.47 Å². The Hall–Kier alpha value is -1.61. The van der Waals surface area contributed by atoms with Gasteiger partial charge in [0.15, 0.2) is 0 Å². The van der Waals surface area contributed by atoms with Crippen LogP contribution in [0.4, 0.5) is 10.2 Å². The van der Waals surface area contributed by atoms with Crippen LogP contribution in [0.15, 0.2) is 35.4 Å². The van der Waals surface area contributed by atoms with Crippen LogP contribution in [0.5, 0.6) is 11.8 Å². The van der Waals surface area contributed by atoms with Crippen LogP contribution >= 0.6 is 24.2 Å². The number of rotatable bonds is 4. The van der Waals surface area contributed by atoms with Gasteiger partial charge in [0.1, 0.15) is 22.4 Å². The normalized spacial score (nSPS) is 18.6. The maximum Gasteiger partial charge on any atom is 0.325 e. The Labute approximate surface area is 174 Å². The van der Waals surface area contributed by atoms with E-state index in [1.54, 1.807) is 12.1 Å². The van der Waals surface area contributed by atoms with Gasteiger partial charge in [0.25, 0.3) is 0 Å². The van der Waals surface area contributed by atoms with E-state index in [0.717, 1.165) is 56.5 Å². The molecule has 9 heteroatoms. The van der Waals surface area contributed by atoms with Crippen molar-refractivity contribution in [3.8, 4) is 11.8 Å². The topological polar surface area (TPSA) is 59.5 Å². The van der Waals surface area contributed by atoms with Crippen molar-refractivity contribution in [2.45, 2.75) is 23.5 Å². The molecule has 1 spiro atoms. The van der Waals surface area contributed by atoms with E-state index in [0.29, 0.717) is 5.75 Å². The molecule has 0 aliphatic carbocycles. The van der Waals surface area contributed by atoms with Crippen molar-refractivity contribution in [2.24, 2.45) is 0 Å². The number of anilines is 1. The first-order valence-electron chi connectivity index (χ1n) is 9.12. The molecule has 0 unspecified atom stereocenters. The van der Waals surface area contributed by atoms with Gasteiger partial charge in [0.2, 0.25) is 0 Å². The van der Waals surface area contributed by atoms with E-state index in [2.05, 4.69) is 20.2 Å². The highest BCUT2D eigenvalue weighted by atomic mass is 35.5. The zero-order chi connectivity index (χ0) is 18.7. The monoisotopic (exact) mass is 426 g/mol. The highest BCUT2D eigenvalue weighted by Crippen LogP contribution is 2.32. The van der Waals surface area contributed by atoms with E-state index in [1.165, 1.54) is 23.9 Å². The average molecular weight is 427 g/mol. The molecule has 0 bridgehead atoms. The first-order chi connectivity index (χ1) is 13.2. The third-order valence-electron chi connectivity index (χ3n) is 5.02. The largest absolute Gasteiger partial charge is 0.424 e. The molecule has 2 saturated heterocycles. The van der Waals surface area contributed by atoms with E-state index in [-0.39, 0.29) is 29.8 Å². The smallest absolute Gasteiger partial charge is 0.325 e. The van der Waals surface area contributed by atoms with E-state index in [9.17, 15) is 4.39 Å². The Morgan fingerprint density at radius 2 is 2.07 bits per heavy atom. The van der Waals surface area contributed by atoms with Gasteiger partial charge in [-0.3, -0.25) is 0 Å². The van der Waals surface area contributed by atoms with Crippen LogP contribution in [-0.2, 0) is 4.74 Å². The second kappa shape index (κ2) is 9.26. The van der Waals surface area contributed by atoms with Gasteiger partial charge in [-0.25, -0.2) is 4.39 Å². The fourth-order valence-electron chi connectivity index (χ4n) is 3.51. The number of benzene rings is 1. The molecule has 1 N–H and O–H groups in total. The van der Waals surface area contributed by atoms with Crippen LogP contribution in [0.2, 0.25) is 0 Å². The lowest BCUT2D eigenvalue weighted by Gasteiger charge is -2.44. The number of aromatic nitrogens is 2. The van der Waals surface area contributed by atoms with Gasteiger partial charge in [-0.2, -0.15) is 9.97 Å².